The molecule has 0 amide bonds. The van der Waals surface area contributed by atoms with Gasteiger partial charge in [-0.1, -0.05) is 104 Å². The molecular weight excluding hydrogens is 360 g/mol. The van der Waals surface area contributed by atoms with Crippen molar-refractivity contribution >= 4 is 0 Å². The molecule has 0 aromatic heterocycles. The molecule has 3 fully saturated rings. The minimum atomic E-state index is 0.753. The summed E-state index contributed by atoms with van der Waals surface area (Å²) in [5, 5.41) is 0. The fourth-order valence-electron chi connectivity index (χ4n) is 8.37. The molecule has 3 atom stereocenters. The van der Waals surface area contributed by atoms with Gasteiger partial charge in [0.2, 0.25) is 0 Å². The Kier molecular flexibility index (Phi) is 10.6. The van der Waals surface area contributed by atoms with Crippen molar-refractivity contribution in [2.45, 2.75) is 156 Å². The van der Waals surface area contributed by atoms with Gasteiger partial charge >= 0.3 is 0 Å². The van der Waals surface area contributed by atoms with E-state index in [2.05, 4.69) is 20.8 Å². The van der Waals surface area contributed by atoms with Gasteiger partial charge in [0.25, 0.3) is 0 Å². The quantitative estimate of drug-likeness (QED) is 0.294. The lowest BCUT2D eigenvalue weighted by atomic mass is 9.55. The summed E-state index contributed by atoms with van der Waals surface area (Å²) in [7, 11) is 0. The van der Waals surface area contributed by atoms with Crippen molar-refractivity contribution in [2.75, 3.05) is 0 Å². The summed E-state index contributed by atoms with van der Waals surface area (Å²) in [6.45, 7) is 7.25. The van der Waals surface area contributed by atoms with Crippen molar-refractivity contribution in [1.29, 1.82) is 0 Å². The smallest absolute Gasteiger partial charge is 0.0269 e. The number of rotatable bonds is 11. The highest BCUT2D eigenvalue weighted by atomic mass is 14.5. The minimum absolute atomic E-state index is 0.753. The van der Waals surface area contributed by atoms with Gasteiger partial charge < -0.3 is 0 Å². The Morgan fingerprint density at radius 2 is 1.40 bits per heavy atom. The first-order chi connectivity index (χ1) is 14.7. The largest absolute Gasteiger partial charge is 0.0654 e. The summed E-state index contributed by atoms with van der Waals surface area (Å²) in [5.41, 5.74) is 0.753. The lowest BCUT2D eigenvalue weighted by Crippen LogP contribution is -2.40. The number of hydrogen-bond donors (Lipinski definition) is 0. The maximum atomic E-state index is 2.53. The molecular formula is C30H56. The van der Waals surface area contributed by atoms with E-state index in [9.17, 15) is 0 Å². The predicted molar refractivity (Wildman–Crippen MR) is 134 cm³/mol. The molecule has 0 spiro atoms. The van der Waals surface area contributed by atoms with Crippen LogP contribution in [0.25, 0.3) is 0 Å². The fourth-order valence-corrected chi connectivity index (χ4v) is 8.37. The SMILES string of the molecule is CCCCCC1CCC([C@@H]2CC[C@@H](C3(CCCCC)CCCCC3)C[C@H]2CC)CC1. The topological polar surface area (TPSA) is 0 Å². The van der Waals surface area contributed by atoms with Crippen LogP contribution < -0.4 is 0 Å². The third-order valence-electron chi connectivity index (χ3n) is 10.3. The second kappa shape index (κ2) is 12.9. The molecule has 0 nitrogen and oxygen atoms in total. The zero-order chi connectivity index (χ0) is 21.2. The van der Waals surface area contributed by atoms with Crippen molar-refractivity contribution in [3.8, 4) is 0 Å². The maximum Gasteiger partial charge on any atom is -0.0269 e. The van der Waals surface area contributed by atoms with Crippen molar-refractivity contribution in [3.05, 3.63) is 0 Å². The second-order valence-corrected chi connectivity index (χ2v) is 12.0. The second-order valence-electron chi connectivity index (χ2n) is 12.0. The molecule has 3 aliphatic rings. The molecule has 0 unspecified atom stereocenters. The van der Waals surface area contributed by atoms with Crippen LogP contribution in [0, 0.1) is 35.0 Å². The van der Waals surface area contributed by atoms with E-state index in [1.807, 2.05) is 0 Å². The van der Waals surface area contributed by atoms with Gasteiger partial charge in [-0.15, -0.1) is 0 Å². The summed E-state index contributed by atoms with van der Waals surface area (Å²) in [6.07, 6.45) is 32.0. The Hall–Kier alpha value is 0. The zero-order valence-electron chi connectivity index (χ0n) is 21.2. The lowest BCUT2D eigenvalue weighted by Gasteiger charge is -2.51. The van der Waals surface area contributed by atoms with Crippen LogP contribution in [0.4, 0.5) is 0 Å². The monoisotopic (exact) mass is 416 g/mol. The highest BCUT2D eigenvalue weighted by Gasteiger charge is 2.44. The van der Waals surface area contributed by atoms with Gasteiger partial charge in [-0.2, -0.15) is 0 Å². The van der Waals surface area contributed by atoms with Crippen molar-refractivity contribution in [2.24, 2.45) is 35.0 Å². The molecule has 0 aliphatic heterocycles. The van der Waals surface area contributed by atoms with Gasteiger partial charge in [0, 0.05) is 0 Å². The average molecular weight is 417 g/mol. The summed E-state index contributed by atoms with van der Waals surface area (Å²) < 4.78 is 0. The van der Waals surface area contributed by atoms with Gasteiger partial charge in [0.1, 0.15) is 0 Å². The Balaban J connectivity index is 1.54. The third kappa shape index (κ3) is 6.51. The van der Waals surface area contributed by atoms with E-state index in [0.717, 1.165) is 35.0 Å². The molecule has 0 heteroatoms. The van der Waals surface area contributed by atoms with Crippen LogP contribution >= 0.6 is 0 Å². The van der Waals surface area contributed by atoms with E-state index < -0.39 is 0 Å². The van der Waals surface area contributed by atoms with Crippen LogP contribution in [0.3, 0.4) is 0 Å². The van der Waals surface area contributed by atoms with Crippen molar-refractivity contribution in [1.82, 2.24) is 0 Å². The molecule has 176 valence electrons. The summed E-state index contributed by atoms with van der Waals surface area (Å²) in [6, 6.07) is 0. The molecule has 3 saturated carbocycles. The summed E-state index contributed by atoms with van der Waals surface area (Å²) in [4.78, 5) is 0. The molecule has 0 N–H and O–H groups in total. The molecule has 0 heterocycles. The van der Waals surface area contributed by atoms with Gasteiger partial charge in [0.15, 0.2) is 0 Å². The van der Waals surface area contributed by atoms with Gasteiger partial charge in [-0.05, 0) is 86.4 Å². The Bertz CT molecular complexity index is 437. The third-order valence-corrected chi connectivity index (χ3v) is 10.3. The molecule has 30 heavy (non-hydrogen) atoms. The number of unbranched alkanes of at least 4 members (excludes halogenated alkanes) is 4. The highest BCUT2D eigenvalue weighted by molar-refractivity contribution is 4.95. The van der Waals surface area contributed by atoms with Gasteiger partial charge in [-0.25, -0.2) is 0 Å². The van der Waals surface area contributed by atoms with E-state index in [-0.39, 0.29) is 0 Å². The van der Waals surface area contributed by atoms with Crippen molar-refractivity contribution in [3.63, 3.8) is 0 Å². The zero-order valence-corrected chi connectivity index (χ0v) is 21.2. The lowest BCUT2D eigenvalue weighted by molar-refractivity contribution is -0.00123. The van der Waals surface area contributed by atoms with E-state index in [4.69, 9.17) is 0 Å². The summed E-state index contributed by atoms with van der Waals surface area (Å²) in [5.74, 6) is 5.37. The van der Waals surface area contributed by atoms with Crippen LogP contribution in [0.1, 0.15) is 156 Å². The van der Waals surface area contributed by atoms with E-state index in [1.165, 1.54) is 70.6 Å². The van der Waals surface area contributed by atoms with Gasteiger partial charge in [-0.3, -0.25) is 0 Å². The fraction of sp³-hybridized carbons (Fsp3) is 1.00. The standard InChI is InChI=1S/C30H56/c1-4-7-10-14-25-15-17-27(18-16-25)29-20-19-28(24-26(29)6-3)30(21-11-8-5-2)22-12-9-13-23-30/h25-29H,4-24H2,1-3H3/t25?,26-,27?,28-,29-/m1/s1. The molecule has 0 saturated heterocycles. The van der Waals surface area contributed by atoms with Crippen LogP contribution in [0.2, 0.25) is 0 Å². The van der Waals surface area contributed by atoms with E-state index in [1.54, 1.807) is 64.2 Å². The van der Waals surface area contributed by atoms with Crippen LogP contribution in [0.15, 0.2) is 0 Å². The van der Waals surface area contributed by atoms with Crippen LogP contribution in [-0.4, -0.2) is 0 Å². The maximum absolute atomic E-state index is 2.53. The van der Waals surface area contributed by atoms with Crippen molar-refractivity contribution < 1.29 is 0 Å². The molecule has 0 radical (unpaired) electrons. The van der Waals surface area contributed by atoms with Gasteiger partial charge in [0.05, 0.1) is 0 Å². The average Bonchev–Trinajstić information content (AvgIpc) is 2.80. The normalized spacial score (nSPS) is 34.7. The Morgan fingerprint density at radius 3 is 2.07 bits per heavy atom. The first-order valence-electron chi connectivity index (χ1n) is 14.7. The summed E-state index contributed by atoms with van der Waals surface area (Å²) >= 11 is 0. The predicted octanol–water partition coefficient (Wildman–Crippen LogP) is 10.3. The molecule has 0 aromatic carbocycles. The molecule has 3 rings (SSSR count). The van der Waals surface area contributed by atoms with Crippen LogP contribution in [0.5, 0.6) is 0 Å². The minimum Gasteiger partial charge on any atom is -0.0654 e. The Labute approximate surface area is 190 Å². The molecule has 0 aromatic rings. The Morgan fingerprint density at radius 1 is 0.700 bits per heavy atom. The number of hydrogen-bond acceptors (Lipinski definition) is 0. The molecule has 0 bridgehead atoms. The highest BCUT2D eigenvalue weighted by Crippen LogP contribution is 2.55. The first kappa shape index (κ1) is 24.6. The van der Waals surface area contributed by atoms with E-state index in [0.29, 0.717) is 0 Å². The van der Waals surface area contributed by atoms with Crippen LogP contribution in [-0.2, 0) is 0 Å². The van der Waals surface area contributed by atoms with E-state index >= 15 is 0 Å². The molecule has 3 aliphatic carbocycles. The first-order valence-corrected chi connectivity index (χ1v) is 14.7.